The normalized spacial score (nSPS) is 16.3. The maximum Gasteiger partial charge on any atom is 0.193 e. The number of hydrogen-bond acceptors (Lipinski definition) is 2. The zero-order valence-electron chi connectivity index (χ0n) is 14.5. The quantitative estimate of drug-likeness (QED) is 0.533. The van der Waals surface area contributed by atoms with Crippen molar-refractivity contribution in [2.45, 2.75) is 52.4 Å². The highest BCUT2D eigenvalue weighted by Gasteiger charge is 2.14. The summed E-state index contributed by atoms with van der Waals surface area (Å²) in [4.78, 5) is 4.51. The molecule has 0 bridgehead atoms. The third-order valence-electron chi connectivity index (χ3n) is 4.52. The van der Waals surface area contributed by atoms with Crippen LogP contribution in [0.4, 0.5) is 5.69 Å². The highest BCUT2D eigenvalue weighted by molar-refractivity contribution is 5.93. The summed E-state index contributed by atoms with van der Waals surface area (Å²) >= 11 is 0. The number of guanidine groups is 1. The number of fused-ring (bicyclic) bond motifs is 1. The molecule has 2 rings (SSSR count). The molecule has 23 heavy (non-hydrogen) atoms. The van der Waals surface area contributed by atoms with Gasteiger partial charge in [-0.1, -0.05) is 26.0 Å². The number of benzene rings is 1. The Hall–Kier alpha value is -1.55. The van der Waals surface area contributed by atoms with Crippen LogP contribution in [-0.4, -0.2) is 24.2 Å². The molecule has 1 aromatic carbocycles. The van der Waals surface area contributed by atoms with Crippen LogP contribution in [0.3, 0.4) is 0 Å². The van der Waals surface area contributed by atoms with Crippen molar-refractivity contribution < 1.29 is 5.11 Å². The van der Waals surface area contributed by atoms with Gasteiger partial charge in [-0.05, 0) is 67.6 Å². The first kappa shape index (κ1) is 17.8. The number of anilines is 1. The van der Waals surface area contributed by atoms with Crippen LogP contribution in [0.1, 0.15) is 50.7 Å². The van der Waals surface area contributed by atoms with E-state index in [1.165, 1.54) is 24.0 Å². The van der Waals surface area contributed by atoms with E-state index >= 15 is 0 Å². The van der Waals surface area contributed by atoms with Crippen LogP contribution in [0.25, 0.3) is 0 Å². The predicted molar refractivity (Wildman–Crippen MR) is 97.8 cm³/mol. The molecule has 4 nitrogen and oxygen atoms in total. The van der Waals surface area contributed by atoms with E-state index in [1.807, 2.05) is 0 Å². The van der Waals surface area contributed by atoms with E-state index in [0.717, 1.165) is 31.4 Å². The summed E-state index contributed by atoms with van der Waals surface area (Å²) in [6.45, 7) is 5.29. The second-order valence-electron chi connectivity index (χ2n) is 7.01. The van der Waals surface area contributed by atoms with Crippen molar-refractivity contribution in [2.75, 3.05) is 18.5 Å². The fourth-order valence-electron chi connectivity index (χ4n) is 3.44. The Morgan fingerprint density at radius 1 is 1.30 bits per heavy atom. The van der Waals surface area contributed by atoms with Gasteiger partial charge in [-0.25, -0.2) is 0 Å². The monoisotopic (exact) mass is 317 g/mol. The van der Waals surface area contributed by atoms with Crippen LogP contribution in [0.15, 0.2) is 23.2 Å². The molecule has 1 atom stereocenters. The van der Waals surface area contributed by atoms with Crippen molar-refractivity contribution in [3.8, 4) is 0 Å². The number of rotatable bonds is 7. The summed E-state index contributed by atoms with van der Waals surface area (Å²) in [7, 11) is 0. The zero-order valence-corrected chi connectivity index (χ0v) is 14.5. The minimum atomic E-state index is 0.215. The lowest BCUT2D eigenvalue weighted by molar-refractivity contribution is 0.246. The second-order valence-corrected chi connectivity index (χ2v) is 7.01. The number of nitrogens with zero attached hydrogens (tertiary/aromatic N) is 1. The fourth-order valence-corrected chi connectivity index (χ4v) is 3.44. The van der Waals surface area contributed by atoms with Gasteiger partial charge in [0.2, 0.25) is 0 Å². The van der Waals surface area contributed by atoms with Crippen molar-refractivity contribution in [3.05, 3.63) is 29.3 Å². The van der Waals surface area contributed by atoms with E-state index in [0.29, 0.717) is 24.3 Å². The average Bonchev–Trinajstić information content (AvgIpc) is 2.53. The van der Waals surface area contributed by atoms with Crippen LogP contribution >= 0.6 is 0 Å². The molecule has 1 aromatic rings. The molecule has 1 unspecified atom stereocenters. The molecule has 4 N–H and O–H groups in total. The number of aryl methyl sites for hydroxylation is 1. The minimum Gasteiger partial charge on any atom is -0.396 e. The number of aliphatic imine (C=N–C) groups is 1. The first-order chi connectivity index (χ1) is 11.1. The third kappa shape index (κ3) is 5.54. The number of nitrogens with one attached hydrogen (secondary N) is 1. The van der Waals surface area contributed by atoms with Gasteiger partial charge in [0, 0.05) is 18.8 Å². The number of aliphatic hydroxyl groups is 1. The van der Waals surface area contributed by atoms with Gasteiger partial charge in [0.25, 0.3) is 0 Å². The van der Waals surface area contributed by atoms with E-state index in [2.05, 4.69) is 42.4 Å². The standard InChI is InChI=1S/C19H31N3O/c1-14(2)12-15(10-11-23)13-21-19(20)22-18-9-5-7-16-6-3-4-8-17(16)18/h5,7,9,14-15,23H,3-4,6,8,10-13H2,1-2H3,(H3,20,21,22). The molecular weight excluding hydrogens is 286 g/mol. The first-order valence-corrected chi connectivity index (χ1v) is 8.88. The molecule has 128 valence electrons. The van der Waals surface area contributed by atoms with E-state index in [-0.39, 0.29) is 6.61 Å². The SMILES string of the molecule is CC(C)CC(CCO)CN=C(N)Nc1cccc2c1CCCC2. The van der Waals surface area contributed by atoms with Gasteiger partial charge < -0.3 is 16.2 Å². The second kappa shape index (κ2) is 8.92. The molecular formula is C19H31N3O. The molecule has 0 spiro atoms. The molecule has 0 aromatic heterocycles. The summed E-state index contributed by atoms with van der Waals surface area (Å²) in [6.07, 6.45) is 6.66. The van der Waals surface area contributed by atoms with Gasteiger partial charge in [-0.2, -0.15) is 0 Å². The zero-order chi connectivity index (χ0) is 16.7. The van der Waals surface area contributed by atoms with Gasteiger partial charge in [-0.15, -0.1) is 0 Å². The lowest BCUT2D eigenvalue weighted by atomic mass is 9.90. The van der Waals surface area contributed by atoms with Gasteiger partial charge in [-0.3, -0.25) is 4.99 Å². The Morgan fingerprint density at radius 2 is 2.09 bits per heavy atom. The number of hydrogen-bond donors (Lipinski definition) is 3. The Kier molecular flexibility index (Phi) is 6.90. The van der Waals surface area contributed by atoms with E-state index in [4.69, 9.17) is 5.73 Å². The Bertz CT molecular complexity index is 525. The van der Waals surface area contributed by atoms with E-state index < -0.39 is 0 Å². The Balaban J connectivity index is 1.99. The summed E-state index contributed by atoms with van der Waals surface area (Å²) in [6, 6.07) is 6.39. The lowest BCUT2D eigenvalue weighted by Gasteiger charge is -2.20. The van der Waals surface area contributed by atoms with Crippen molar-refractivity contribution in [1.29, 1.82) is 0 Å². The largest absolute Gasteiger partial charge is 0.396 e. The van der Waals surface area contributed by atoms with Crippen LogP contribution < -0.4 is 11.1 Å². The van der Waals surface area contributed by atoms with Crippen LogP contribution in [-0.2, 0) is 12.8 Å². The summed E-state index contributed by atoms with van der Waals surface area (Å²) in [5.41, 5.74) is 10.0. The van der Waals surface area contributed by atoms with Crippen molar-refractivity contribution >= 4 is 11.6 Å². The molecule has 0 aliphatic heterocycles. The molecule has 1 aliphatic rings. The van der Waals surface area contributed by atoms with Crippen molar-refractivity contribution in [2.24, 2.45) is 22.6 Å². The summed E-state index contributed by atoms with van der Waals surface area (Å²) < 4.78 is 0. The minimum absolute atomic E-state index is 0.215. The van der Waals surface area contributed by atoms with Crippen molar-refractivity contribution in [3.63, 3.8) is 0 Å². The topological polar surface area (TPSA) is 70.6 Å². The van der Waals surface area contributed by atoms with Crippen LogP contribution in [0.2, 0.25) is 0 Å². The fraction of sp³-hybridized carbons (Fsp3) is 0.632. The molecule has 0 fully saturated rings. The van der Waals surface area contributed by atoms with Gasteiger partial charge >= 0.3 is 0 Å². The van der Waals surface area contributed by atoms with Gasteiger partial charge in [0.15, 0.2) is 5.96 Å². The Labute approximate surface area is 140 Å². The smallest absolute Gasteiger partial charge is 0.193 e. The average molecular weight is 317 g/mol. The van der Waals surface area contributed by atoms with Gasteiger partial charge in [0.05, 0.1) is 0 Å². The maximum atomic E-state index is 9.19. The maximum absolute atomic E-state index is 9.19. The molecule has 4 heteroatoms. The number of nitrogens with two attached hydrogens (primary N) is 1. The van der Waals surface area contributed by atoms with Crippen molar-refractivity contribution in [1.82, 2.24) is 0 Å². The molecule has 0 saturated carbocycles. The predicted octanol–water partition coefficient (Wildman–Crippen LogP) is 3.34. The molecule has 1 aliphatic carbocycles. The van der Waals surface area contributed by atoms with E-state index in [9.17, 15) is 5.11 Å². The Morgan fingerprint density at radius 3 is 2.83 bits per heavy atom. The summed E-state index contributed by atoms with van der Waals surface area (Å²) in [5.74, 6) is 1.48. The van der Waals surface area contributed by atoms with Gasteiger partial charge in [0.1, 0.15) is 0 Å². The third-order valence-corrected chi connectivity index (χ3v) is 4.52. The van der Waals surface area contributed by atoms with Crippen LogP contribution in [0, 0.1) is 11.8 Å². The molecule has 0 amide bonds. The number of aliphatic hydroxyl groups excluding tert-OH is 1. The molecule has 0 radical (unpaired) electrons. The molecule has 0 heterocycles. The summed E-state index contributed by atoms with van der Waals surface area (Å²) in [5, 5.41) is 12.5. The highest BCUT2D eigenvalue weighted by atomic mass is 16.3. The molecule has 0 saturated heterocycles. The highest BCUT2D eigenvalue weighted by Crippen LogP contribution is 2.27. The van der Waals surface area contributed by atoms with Crippen LogP contribution in [0.5, 0.6) is 0 Å². The van der Waals surface area contributed by atoms with E-state index in [1.54, 1.807) is 0 Å². The first-order valence-electron chi connectivity index (χ1n) is 8.88. The lowest BCUT2D eigenvalue weighted by Crippen LogP contribution is -2.25.